The molecule has 0 aromatic carbocycles. The summed E-state index contributed by atoms with van der Waals surface area (Å²) in [4.78, 5) is 0. The van der Waals surface area contributed by atoms with Crippen LogP contribution in [0.3, 0.4) is 0 Å². The Morgan fingerprint density at radius 2 is 2.00 bits per heavy atom. The molecule has 5 heavy (non-hydrogen) atoms. The molecular formula is HBFO2P. The first-order valence-corrected chi connectivity index (χ1v) is 2.18. The highest BCUT2D eigenvalue weighted by Gasteiger charge is 2.20. The summed E-state index contributed by atoms with van der Waals surface area (Å²) in [6.45, 7) is 0. The summed E-state index contributed by atoms with van der Waals surface area (Å²) < 4.78 is 19.4. The van der Waals surface area contributed by atoms with E-state index in [0.717, 1.165) is 0 Å². The predicted molar refractivity (Wildman–Crippen MR) is 17.3 cm³/mol. The van der Waals surface area contributed by atoms with Gasteiger partial charge in [-0.3, -0.25) is 0 Å². The predicted octanol–water partition coefficient (Wildman–Crippen LogP) is 0.496. The van der Waals surface area contributed by atoms with Gasteiger partial charge in [0.2, 0.25) is 0 Å². The Hall–Kier alpha value is 0.345. The lowest BCUT2D eigenvalue weighted by Crippen LogP contribution is -2.06. The van der Waals surface area contributed by atoms with E-state index in [-0.39, 0.29) is 7.69 Å². The molecule has 28 valence electrons. The van der Waals surface area contributed by atoms with Crippen molar-refractivity contribution in [2.24, 2.45) is 0 Å². The van der Waals surface area contributed by atoms with E-state index in [9.17, 15) is 4.20 Å². The maximum absolute atomic E-state index is 11.1. The molecule has 0 N–H and O–H groups in total. The zero-order valence-corrected chi connectivity index (χ0v) is 3.24. The van der Waals surface area contributed by atoms with Gasteiger partial charge in [-0.05, 0) is 0 Å². The van der Waals surface area contributed by atoms with Gasteiger partial charge >= 0.3 is 16.4 Å². The van der Waals surface area contributed by atoms with Gasteiger partial charge in [-0.25, -0.2) is 0 Å². The molecule has 0 aromatic heterocycles. The smallest absolute Gasteiger partial charge is 0.344 e. The lowest BCUT2D eigenvalue weighted by atomic mass is 10.4. The van der Waals surface area contributed by atoms with Crippen LogP contribution >= 0.6 is 8.69 Å². The number of halogens is 1. The van der Waals surface area contributed by atoms with Crippen molar-refractivity contribution in [1.82, 2.24) is 0 Å². The van der Waals surface area contributed by atoms with Crippen LogP contribution in [-0.2, 0) is 8.88 Å². The normalized spacial score (nSPS) is 24.2. The molecule has 1 aliphatic heterocycles. The number of hydrogen-bond acceptors (Lipinski definition) is 2. The van der Waals surface area contributed by atoms with Crippen LogP contribution in [0.1, 0.15) is 0 Å². The molecule has 0 atom stereocenters. The number of rotatable bonds is 0. The highest BCUT2D eigenvalue weighted by atomic mass is 31.2. The van der Waals surface area contributed by atoms with Crippen molar-refractivity contribution < 1.29 is 13.1 Å². The molecule has 1 rings (SSSR count). The van der Waals surface area contributed by atoms with Crippen LogP contribution in [0.15, 0.2) is 0 Å². The molecule has 0 bridgehead atoms. The molecule has 0 unspecified atom stereocenters. The molecule has 0 amide bonds. The van der Waals surface area contributed by atoms with Gasteiger partial charge in [0, 0.05) is 0 Å². The zero-order chi connectivity index (χ0) is 3.70. The van der Waals surface area contributed by atoms with Crippen molar-refractivity contribution >= 4 is 16.4 Å². The van der Waals surface area contributed by atoms with Gasteiger partial charge in [0.1, 0.15) is 0 Å². The Labute approximate surface area is 30.6 Å². The molecule has 0 aliphatic carbocycles. The first kappa shape index (κ1) is 3.53. The van der Waals surface area contributed by atoms with E-state index in [0.29, 0.717) is 0 Å². The maximum atomic E-state index is 11.1. The van der Waals surface area contributed by atoms with E-state index in [2.05, 4.69) is 8.88 Å². The fraction of sp³-hybridized carbons (Fsp3) is 0. The van der Waals surface area contributed by atoms with E-state index in [4.69, 9.17) is 0 Å². The van der Waals surface area contributed by atoms with Crippen molar-refractivity contribution in [3.8, 4) is 0 Å². The summed E-state index contributed by atoms with van der Waals surface area (Å²) >= 11 is 0. The third-order valence-electron chi connectivity index (χ3n) is 0.308. The summed E-state index contributed by atoms with van der Waals surface area (Å²) in [5.41, 5.74) is 0. The SMILES string of the molecule is FP1OBO1. The van der Waals surface area contributed by atoms with Gasteiger partial charge in [-0.1, -0.05) is 0 Å². The van der Waals surface area contributed by atoms with E-state index in [1.165, 1.54) is 0 Å². The van der Waals surface area contributed by atoms with Gasteiger partial charge < -0.3 is 8.88 Å². The third-order valence-corrected chi connectivity index (χ3v) is 0.925. The molecule has 1 heterocycles. The first-order valence-electron chi connectivity index (χ1n) is 1.11. The highest BCUT2D eigenvalue weighted by Crippen LogP contribution is 2.46. The Morgan fingerprint density at radius 1 is 1.60 bits per heavy atom. The summed E-state index contributed by atoms with van der Waals surface area (Å²) in [7, 11) is -1.78. The summed E-state index contributed by atoms with van der Waals surface area (Å²) in [5, 5.41) is 0. The largest absolute Gasteiger partial charge is 0.451 e. The standard InChI is InChI=1S/BFHO2P/c2-5-3-1-4-5/h1H. The lowest BCUT2D eigenvalue weighted by Gasteiger charge is -2.13. The van der Waals surface area contributed by atoms with Crippen molar-refractivity contribution in [3.63, 3.8) is 0 Å². The van der Waals surface area contributed by atoms with Gasteiger partial charge in [0.05, 0.1) is 0 Å². The Bertz CT molecular complexity index is 36.6. The van der Waals surface area contributed by atoms with Crippen molar-refractivity contribution in [2.45, 2.75) is 0 Å². The van der Waals surface area contributed by atoms with Crippen molar-refractivity contribution in [3.05, 3.63) is 0 Å². The zero-order valence-electron chi connectivity index (χ0n) is 2.35. The molecule has 0 spiro atoms. The molecule has 1 saturated heterocycles. The molecular weight excluding hydrogens is 92.8 g/mol. The third kappa shape index (κ3) is 0.593. The fourth-order valence-corrected chi connectivity index (χ4v) is 0.278. The van der Waals surface area contributed by atoms with Crippen LogP contribution in [0.25, 0.3) is 0 Å². The Balaban J connectivity index is 2.08. The molecule has 2 nitrogen and oxygen atoms in total. The minimum atomic E-state index is -1.92. The highest BCUT2D eigenvalue weighted by molar-refractivity contribution is 7.46. The van der Waals surface area contributed by atoms with E-state index in [1.807, 2.05) is 0 Å². The maximum Gasteiger partial charge on any atom is 0.451 e. The van der Waals surface area contributed by atoms with E-state index in [1.54, 1.807) is 0 Å². The van der Waals surface area contributed by atoms with Gasteiger partial charge in [-0.2, -0.15) is 4.20 Å². The first-order chi connectivity index (χ1) is 2.39. The van der Waals surface area contributed by atoms with E-state index < -0.39 is 8.69 Å². The molecule has 5 heteroatoms. The average molecular weight is 93.8 g/mol. The summed E-state index contributed by atoms with van der Waals surface area (Å²) in [6, 6.07) is 0. The van der Waals surface area contributed by atoms with Crippen LogP contribution in [0.5, 0.6) is 0 Å². The number of hydrogen-bond donors (Lipinski definition) is 0. The quantitative estimate of drug-likeness (QED) is 0.321. The van der Waals surface area contributed by atoms with Crippen LogP contribution in [-0.4, -0.2) is 7.69 Å². The van der Waals surface area contributed by atoms with Gasteiger partial charge in [0.25, 0.3) is 0 Å². The monoisotopic (exact) mass is 94.0 g/mol. The molecule has 1 fully saturated rings. The molecule has 0 saturated carbocycles. The van der Waals surface area contributed by atoms with Crippen LogP contribution in [0.4, 0.5) is 4.20 Å². The molecule has 0 aromatic rings. The topological polar surface area (TPSA) is 18.5 Å². The van der Waals surface area contributed by atoms with Crippen LogP contribution in [0.2, 0.25) is 0 Å². The average Bonchev–Trinajstić information content (AvgIpc) is 1.30. The Morgan fingerprint density at radius 3 is 2.00 bits per heavy atom. The lowest BCUT2D eigenvalue weighted by molar-refractivity contribution is 0.339. The van der Waals surface area contributed by atoms with Gasteiger partial charge in [0.15, 0.2) is 0 Å². The summed E-state index contributed by atoms with van der Waals surface area (Å²) in [6.07, 6.45) is 0. The Kier molecular flexibility index (Phi) is 0.853. The molecule has 1 aliphatic rings. The second kappa shape index (κ2) is 1.21. The van der Waals surface area contributed by atoms with Crippen LogP contribution in [0, 0.1) is 0 Å². The fourth-order valence-electron chi connectivity index (χ4n) is 0.0925. The van der Waals surface area contributed by atoms with Crippen molar-refractivity contribution in [2.75, 3.05) is 0 Å². The minimum Gasteiger partial charge on any atom is -0.344 e. The summed E-state index contributed by atoms with van der Waals surface area (Å²) in [5.74, 6) is 0. The van der Waals surface area contributed by atoms with E-state index >= 15 is 0 Å². The molecule has 0 radical (unpaired) electrons. The minimum absolute atomic E-state index is 0.141. The second-order valence-electron chi connectivity index (χ2n) is 0.589. The second-order valence-corrected chi connectivity index (χ2v) is 1.53. The van der Waals surface area contributed by atoms with Crippen molar-refractivity contribution in [1.29, 1.82) is 0 Å². The van der Waals surface area contributed by atoms with Gasteiger partial charge in [-0.15, -0.1) is 0 Å². The van der Waals surface area contributed by atoms with Crippen LogP contribution < -0.4 is 0 Å².